The van der Waals surface area contributed by atoms with Crippen LogP contribution in [0.3, 0.4) is 0 Å². The standard InChI is InChI=1S/C7H6F2N/c1-7(8,9)6-4-2-3-5-10-6/h2,4-5H,1H3. The van der Waals surface area contributed by atoms with Gasteiger partial charge in [-0.2, -0.15) is 8.78 Å². The summed E-state index contributed by atoms with van der Waals surface area (Å²) >= 11 is 0. The number of rotatable bonds is 1. The molecule has 0 bridgehead atoms. The molecule has 3 heteroatoms. The average Bonchev–Trinajstić information content (AvgIpc) is 1.88. The van der Waals surface area contributed by atoms with Gasteiger partial charge < -0.3 is 0 Å². The van der Waals surface area contributed by atoms with Crippen LogP contribution in [0, 0.1) is 6.07 Å². The molecule has 0 saturated heterocycles. The summed E-state index contributed by atoms with van der Waals surface area (Å²) < 4.78 is 24.8. The molecule has 1 heterocycles. The zero-order valence-corrected chi connectivity index (χ0v) is 5.44. The summed E-state index contributed by atoms with van der Waals surface area (Å²) in [6.45, 7) is 0.815. The molecular weight excluding hydrogens is 136 g/mol. The third-order valence-electron chi connectivity index (χ3n) is 1.07. The molecule has 0 amide bonds. The Balaban J connectivity index is 2.97. The van der Waals surface area contributed by atoms with Crippen molar-refractivity contribution in [2.75, 3.05) is 0 Å². The van der Waals surface area contributed by atoms with Crippen LogP contribution in [-0.4, -0.2) is 4.98 Å². The largest absolute Gasteiger partial charge is 0.286 e. The van der Waals surface area contributed by atoms with E-state index < -0.39 is 5.92 Å². The molecule has 0 fully saturated rings. The SMILES string of the molecule is CC(F)(F)c1cc[c]cn1. The molecule has 1 radical (unpaired) electrons. The number of hydrogen-bond donors (Lipinski definition) is 0. The number of halogens is 2. The quantitative estimate of drug-likeness (QED) is 0.584. The summed E-state index contributed by atoms with van der Waals surface area (Å²) in [5.74, 6) is -2.84. The molecule has 10 heavy (non-hydrogen) atoms. The number of alkyl halides is 2. The first-order valence-corrected chi connectivity index (χ1v) is 2.81. The molecule has 1 nitrogen and oxygen atoms in total. The molecule has 0 unspecified atom stereocenters. The first-order chi connectivity index (χ1) is 4.61. The van der Waals surface area contributed by atoms with Gasteiger partial charge in [0.15, 0.2) is 0 Å². The minimum atomic E-state index is -2.84. The van der Waals surface area contributed by atoms with Crippen LogP contribution >= 0.6 is 0 Å². The second kappa shape index (κ2) is 2.33. The molecule has 0 N–H and O–H groups in total. The Hall–Kier alpha value is -0.990. The highest BCUT2D eigenvalue weighted by atomic mass is 19.3. The third-order valence-corrected chi connectivity index (χ3v) is 1.07. The summed E-state index contributed by atoms with van der Waals surface area (Å²) in [5.41, 5.74) is -0.216. The van der Waals surface area contributed by atoms with Crippen molar-refractivity contribution in [2.45, 2.75) is 12.8 Å². The van der Waals surface area contributed by atoms with Gasteiger partial charge in [0.2, 0.25) is 0 Å². The Morgan fingerprint density at radius 1 is 1.60 bits per heavy atom. The lowest BCUT2D eigenvalue weighted by atomic mass is 10.2. The lowest BCUT2D eigenvalue weighted by molar-refractivity contribution is 0.0127. The van der Waals surface area contributed by atoms with Crippen molar-refractivity contribution >= 4 is 0 Å². The van der Waals surface area contributed by atoms with Crippen LogP contribution in [0.25, 0.3) is 0 Å². The van der Waals surface area contributed by atoms with Crippen LogP contribution in [0.5, 0.6) is 0 Å². The van der Waals surface area contributed by atoms with E-state index >= 15 is 0 Å². The number of pyridine rings is 1. The van der Waals surface area contributed by atoms with Crippen molar-refractivity contribution in [2.24, 2.45) is 0 Å². The minimum Gasteiger partial charge on any atom is -0.254 e. The Bertz CT molecular complexity index is 203. The van der Waals surface area contributed by atoms with Crippen molar-refractivity contribution in [1.82, 2.24) is 4.98 Å². The maximum atomic E-state index is 12.4. The Morgan fingerprint density at radius 3 is 2.60 bits per heavy atom. The molecule has 0 aliphatic carbocycles. The van der Waals surface area contributed by atoms with Gasteiger partial charge in [0.05, 0.1) is 0 Å². The first-order valence-electron chi connectivity index (χ1n) is 2.81. The van der Waals surface area contributed by atoms with Gasteiger partial charge >= 0.3 is 0 Å². The zero-order valence-electron chi connectivity index (χ0n) is 5.44. The summed E-state index contributed by atoms with van der Waals surface area (Å²) in [4.78, 5) is 3.44. The van der Waals surface area contributed by atoms with E-state index in [2.05, 4.69) is 11.1 Å². The van der Waals surface area contributed by atoms with Gasteiger partial charge in [-0.05, 0) is 6.07 Å². The van der Waals surface area contributed by atoms with Gasteiger partial charge in [-0.1, -0.05) is 6.07 Å². The molecule has 1 aromatic heterocycles. The van der Waals surface area contributed by atoms with E-state index in [1.807, 2.05) is 0 Å². The summed E-state index contributed by atoms with van der Waals surface area (Å²) in [6, 6.07) is 5.23. The minimum absolute atomic E-state index is 0.216. The predicted octanol–water partition coefficient (Wildman–Crippen LogP) is 1.99. The van der Waals surface area contributed by atoms with Crippen molar-refractivity contribution in [3.8, 4) is 0 Å². The van der Waals surface area contributed by atoms with E-state index in [1.165, 1.54) is 18.3 Å². The van der Waals surface area contributed by atoms with Crippen LogP contribution in [0.15, 0.2) is 18.3 Å². The second-order valence-electron chi connectivity index (χ2n) is 2.03. The molecule has 0 spiro atoms. The molecule has 1 rings (SSSR count). The van der Waals surface area contributed by atoms with Crippen molar-refractivity contribution < 1.29 is 8.78 Å². The fraction of sp³-hybridized carbons (Fsp3) is 0.286. The molecule has 0 aliphatic heterocycles. The van der Waals surface area contributed by atoms with Gasteiger partial charge in [0, 0.05) is 19.2 Å². The highest BCUT2D eigenvalue weighted by Crippen LogP contribution is 2.23. The second-order valence-corrected chi connectivity index (χ2v) is 2.03. The Labute approximate surface area is 57.7 Å². The number of nitrogens with zero attached hydrogens (tertiary/aromatic N) is 1. The maximum Gasteiger partial charge on any atom is 0.286 e. The first kappa shape index (κ1) is 7.12. The fourth-order valence-corrected chi connectivity index (χ4v) is 0.580. The molecule has 0 aliphatic rings. The van der Waals surface area contributed by atoms with Gasteiger partial charge in [0.25, 0.3) is 5.92 Å². The third kappa shape index (κ3) is 1.50. The van der Waals surface area contributed by atoms with Gasteiger partial charge in [-0.25, -0.2) is 0 Å². The summed E-state index contributed by atoms with van der Waals surface area (Å²) in [5, 5.41) is 0. The van der Waals surface area contributed by atoms with Crippen LogP contribution in [0.1, 0.15) is 12.6 Å². The molecule has 0 atom stereocenters. The lowest BCUT2D eigenvalue weighted by Gasteiger charge is -2.06. The molecule has 0 aromatic carbocycles. The zero-order chi connectivity index (χ0) is 7.61. The van der Waals surface area contributed by atoms with E-state index in [1.54, 1.807) is 0 Å². The lowest BCUT2D eigenvalue weighted by Crippen LogP contribution is -2.08. The average molecular weight is 142 g/mol. The van der Waals surface area contributed by atoms with Crippen LogP contribution in [-0.2, 0) is 5.92 Å². The highest BCUT2D eigenvalue weighted by molar-refractivity contribution is 5.07. The van der Waals surface area contributed by atoms with Crippen molar-refractivity contribution in [3.63, 3.8) is 0 Å². The molecule has 53 valence electrons. The smallest absolute Gasteiger partial charge is 0.254 e. The highest BCUT2D eigenvalue weighted by Gasteiger charge is 2.24. The fourth-order valence-electron chi connectivity index (χ4n) is 0.580. The topological polar surface area (TPSA) is 12.9 Å². The summed E-state index contributed by atoms with van der Waals surface area (Å²) in [6.07, 6.45) is 1.23. The van der Waals surface area contributed by atoms with Gasteiger partial charge in [-0.15, -0.1) is 0 Å². The number of hydrogen-bond acceptors (Lipinski definition) is 1. The van der Waals surface area contributed by atoms with E-state index in [9.17, 15) is 8.78 Å². The van der Waals surface area contributed by atoms with Crippen LogP contribution in [0.2, 0.25) is 0 Å². The van der Waals surface area contributed by atoms with Crippen LogP contribution < -0.4 is 0 Å². The van der Waals surface area contributed by atoms with Gasteiger partial charge in [0.1, 0.15) is 5.69 Å². The van der Waals surface area contributed by atoms with Crippen molar-refractivity contribution in [3.05, 3.63) is 30.1 Å². The van der Waals surface area contributed by atoms with E-state index in [0.29, 0.717) is 0 Å². The number of aromatic nitrogens is 1. The Kier molecular flexibility index (Phi) is 1.66. The Morgan fingerprint density at radius 2 is 2.30 bits per heavy atom. The monoisotopic (exact) mass is 142 g/mol. The predicted molar refractivity (Wildman–Crippen MR) is 32.6 cm³/mol. The van der Waals surface area contributed by atoms with E-state index in [-0.39, 0.29) is 5.69 Å². The normalized spacial score (nSPS) is 11.5. The molecular formula is C7H6F2N. The molecule has 1 aromatic rings. The van der Waals surface area contributed by atoms with Crippen molar-refractivity contribution in [1.29, 1.82) is 0 Å². The van der Waals surface area contributed by atoms with E-state index in [0.717, 1.165) is 6.92 Å². The van der Waals surface area contributed by atoms with Gasteiger partial charge in [-0.3, -0.25) is 4.98 Å². The molecule has 0 saturated carbocycles. The van der Waals surface area contributed by atoms with Crippen LogP contribution in [0.4, 0.5) is 8.78 Å². The maximum absolute atomic E-state index is 12.4. The van der Waals surface area contributed by atoms with E-state index in [4.69, 9.17) is 0 Å². The summed E-state index contributed by atoms with van der Waals surface area (Å²) in [7, 11) is 0.